The van der Waals surface area contributed by atoms with E-state index in [0.717, 1.165) is 42.4 Å². The van der Waals surface area contributed by atoms with Gasteiger partial charge in [-0.3, -0.25) is 0 Å². The average molecular weight is 370 g/mol. The Morgan fingerprint density at radius 1 is 0.714 bits per heavy atom. The maximum Gasteiger partial charge on any atom is 0.338 e. The molecule has 3 aromatic carbocycles. The van der Waals surface area contributed by atoms with Crippen LogP contribution in [-0.4, -0.2) is 13.1 Å². The fourth-order valence-electron chi connectivity index (χ4n) is 4.01. The van der Waals surface area contributed by atoms with E-state index >= 15 is 0 Å². The van der Waals surface area contributed by atoms with Crippen LogP contribution in [0, 0.1) is 13.8 Å². The number of carbonyl (C=O) groups is 1. The van der Waals surface area contributed by atoms with E-state index in [1.165, 1.54) is 34.9 Å². The molecule has 0 unspecified atom stereocenters. The Morgan fingerprint density at radius 2 is 1.29 bits per heavy atom. The van der Waals surface area contributed by atoms with Crippen molar-refractivity contribution >= 4 is 5.97 Å². The Bertz CT molecular complexity index is 1030. The number of ether oxygens (including phenoxy) is 1. The van der Waals surface area contributed by atoms with Crippen LogP contribution in [-0.2, 0) is 30.4 Å². The smallest absolute Gasteiger partial charge is 0.338 e. The number of hydrogen-bond donors (Lipinski definition) is 0. The first-order chi connectivity index (χ1) is 13.5. The van der Waals surface area contributed by atoms with E-state index in [1.807, 2.05) is 13.0 Å². The summed E-state index contributed by atoms with van der Waals surface area (Å²) in [7, 11) is 1.45. The Kier molecular flexibility index (Phi) is 5.04. The maximum atomic E-state index is 12.5. The van der Waals surface area contributed by atoms with Gasteiger partial charge in [0.25, 0.3) is 0 Å². The molecule has 3 aromatic rings. The van der Waals surface area contributed by atoms with Crippen LogP contribution in [0.15, 0.2) is 54.6 Å². The zero-order chi connectivity index (χ0) is 19.7. The van der Waals surface area contributed by atoms with Gasteiger partial charge in [0.15, 0.2) is 0 Å². The highest BCUT2D eigenvalue weighted by Gasteiger charge is 2.18. The van der Waals surface area contributed by atoms with Crippen molar-refractivity contribution in [3.8, 4) is 11.1 Å². The first kappa shape index (κ1) is 18.5. The van der Waals surface area contributed by atoms with Gasteiger partial charge in [0, 0.05) is 0 Å². The first-order valence-corrected chi connectivity index (χ1v) is 9.94. The Balaban J connectivity index is 1.87. The lowest BCUT2D eigenvalue weighted by atomic mass is 9.87. The summed E-state index contributed by atoms with van der Waals surface area (Å²) < 4.78 is 5.09. The molecule has 0 amide bonds. The largest absolute Gasteiger partial charge is 0.465 e. The number of methoxy groups -OCH3 is 1. The molecule has 0 fully saturated rings. The summed E-state index contributed by atoms with van der Waals surface area (Å²) in [5.74, 6) is -0.273. The predicted molar refractivity (Wildman–Crippen MR) is 114 cm³/mol. The molecule has 7 rings (SSSR count). The highest BCUT2D eigenvalue weighted by molar-refractivity contribution is 5.98. The van der Waals surface area contributed by atoms with Crippen molar-refractivity contribution in [2.24, 2.45) is 0 Å². The van der Waals surface area contributed by atoms with Crippen molar-refractivity contribution in [1.29, 1.82) is 0 Å². The fourth-order valence-corrected chi connectivity index (χ4v) is 4.01. The molecule has 0 heterocycles. The van der Waals surface area contributed by atoms with Gasteiger partial charge in [-0.2, -0.15) is 0 Å². The number of esters is 1. The van der Waals surface area contributed by atoms with E-state index in [0.29, 0.717) is 5.56 Å². The molecule has 0 atom stereocenters. The minimum Gasteiger partial charge on any atom is -0.465 e. The van der Waals surface area contributed by atoms with E-state index in [9.17, 15) is 4.79 Å². The number of hydrogen-bond acceptors (Lipinski definition) is 2. The Labute approximate surface area is 167 Å². The van der Waals surface area contributed by atoms with Gasteiger partial charge in [0.2, 0.25) is 0 Å². The molecule has 142 valence electrons. The van der Waals surface area contributed by atoms with E-state index in [4.69, 9.17) is 4.74 Å². The first-order valence-electron chi connectivity index (χ1n) is 9.94. The molecular formula is C26H26O2. The van der Waals surface area contributed by atoms with Crippen LogP contribution >= 0.6 is 0 Å². The van der Waals surface area contributed by atoms with Crippen molar-refractivity contribution in [1.82, 2.24) is 0 Å². The molecule has 0 spiro atoms. The van der Waals surface area contributed by atoms with Crippen LogP contribution in [0.1, 0.15) is 43.7 Å². The molecule has 0 saturated heterocycles. The van der Waals surface area contributed by atoms with Crippen LogP contribution < -0.4 is 0 Å². The third kappa shape index (κ3) is 3.60. The topological polar surface area (TPSA) is 26.3 Å². The second kappa shape index (κ2) is 7.63. The van der Waals surface area contributed by atoms with E-state index in [-0.39, 0.29) is 5.97 Å². The molecule has 0 radical (unpaired) electrons. The quantitative estimate of drug-likeness (QED) is 0.546. The van der Waals surface area contributed by atoms with Gasteiger partial charge in [-0.25, -0.2) is 4.79 Å². The highest BCUT2D eigenvalue weighted by Crippen LogP contribution is 2.32. The molecule has 4 aliphatic rings. The van der Waals surface area contributed by atoms with Gasteiger partial charge in [0.05, 0.1) is 12.7 Å². The summed E-state index contributed by atoms with van der Waals surface area (Å²) in [5.41, 5.74) is 10.4. The second-order valence-electron chi connectivity index (χ2n) is 7.78. The molecule has 4 aliphatic carbocycles. The third-order valence-corrected chi connectivity index (χ3v) is 5.91. The van der Waals surface area contributed by atoms with Crippen molar-refractivity contribution in [2.45, 2.75) is 39.5 Å². The standard InChI is InChI=1S/C26H26O2/c1-17-14-24(25(15-18(17)2)26(27)28-3)23-16-21-9-8-19-4-6-20(7-5-19)10-12-22(23)13-11-21/h4-7,11,13-16H,8-10,12H2,1-3H3. The number of carbonyl (C=O) groups excluding carboxylic acids is 1. The second-order valence-corrected chi connectivity index (χ2v) is 7.78. The number of benzene rings is 3. The summed E-state index contributed by atoms with van der Waals surface area (Å²) in [6.07, 6.45) is 3.95. The highest BCUT2D eigenvalue weighted by atomic mass is 16.5. The van der Waals surface area contributed by atoms with Crippen molar-refractivity contribution in [2.75, 3.05) is 7.11 Å². The number of rotatable bonds is 2. The van der Waals surface area contributed by atoms with Gasteiger partial charge in [-0.15, -0.1) is 0 Å². The SMILES string of the molecule is COC(=O)c1cc(C)c(C)cc1-c1cc2ccc1CCc1ccc(cc1)CC2. The molecule has 0 aliphatic heterocycles. The summed E-state index contributed by atoms with van der Waals surface area (Å²) in [6.45, 7) is 4.14. The molecule has 0 N–H and O–H groups in total. The molecule has 2 heteroatoms. The predicted octanol–water partition coefficient (Wildman–Crippen LogP) is 5.64. The normalized spacial score (nSPS) is 13.1. The zero-order valence-electron chi connectivity index (χ0n) is 16.8. The summed E-state index contributed by atoms with van der Waals surface area (Å²) in [6, 6.07) is 19.9. The van der Waals surface area contributed by atoms with Crippen molar-refractivity contribution < 1.29 is 9.53 Å². The molecule has 28 heavy (non-hydrogen) atoms. The minimum absolute atomic E-state index is 0.273. The van der Waals surface area contributed by atoms with Crippen molar-refractivity contribution in [3.63, 3.8) is 0 Å². The van der Waals surface area contributed by atoms with Crippen LogP contribution in [0.25, 0.3) is 11.1 Å². The summed E-state index contributed by atoms with van der Waals surface area (Å²) >= 11 is 0. The molecule has 2 nitrogen and oxygen atoms in total. The molecular weight excluding hydrogens is 344 g/mol. The van der Waals surface area contributed by atoms with Gasteiger partial charge in [0.1, 0.15) is 0 Å². The lowest BCUT2D eigenvalue weighted by Gasteiger charge is -2.18. The monoisotopic (exact) mass is 370 g/mol. The zero-order valence-corrected chi connectivity index (χ0v) is 16.8. The van der Waals surface area contributed by atoms with Crippen LogP contribution in [0.5, 0.6) is 0 Å². The third-order valence-electron chi connectivity index (χ3n) is 5.91. The summed E-state index contributed by atoms with van der Waals surface area (Å²) in [5, 5.41) is 0. The molecule has 0 aromatic heterocycles. The molecule has 4 bridgehead atoms. The maximum absolute atomic E-state index is 12.5. The van der Waals surface area contributed by atoms with E-state index < -0.39 is 0 Å². The van der Waals surface area contributed by atoms with Gasteiger partial charge in [-0.1, -0.05) is 48.5 Å². The van der Waals surface area contributed by atoms with Crippen LogP contribution in [0.4, 0.5) is 0 Å². The minimum atomic E-state index is -0.273. The summed E-state index contributed by atoms with van der Waals surface area (Å²) in [4.78, 5) is 12.5. The van der Waals surface area contributed by atoms with Crippen LogP contribution in [0.2, 0.25) is 0 Å². The fraction of sp³-hybridized carbons (Fsp3) is 0.269. The van der Waals surface area contributed by atoms with E-state index in [2.05, 4.69) is 55.5 Å². The van der Waals surface area contributed by atoms with Gasteiger partial charge in [-0.05, 0) is 90.1 Å². The number of aryl methyl sites for hydroxylation is 6. The van der Waals surface area contributed by atoms with E-state index in [1.54, 1.807) is 0 Å². The average Bonchev–Trinajstić information content (AvgIpc) is 2.71. The van der Waals surface area contributed by atoms with Crippen molar-refractivity contribution in [3.05, 3.63) is 93.5 Å². The van der Waals surface area contributed by atoms with Crippen LogP contribution in [0.3, 0.4) is 0 Å². The Morgan fingerprint density at radius 3 is 1.96 bits per heavy atom. The Hall–Kier alpha value is -2.87. The van der Waals surface area contributed by atoms with Gasteiger partial charge < -0.3 is 4.74 Å². The lowest BCUT2D eigenvalue weighted by molar-refractivity contribution is 0.0601. The van der Waals surface area contributed by atoms with Gasteiger partial charge >= 0.3 is 5.97 Å². The molecule has 0 saturated carbocycles. The lowest BCUT2D eigenvalue weighted by Crippen LogP contribution is -2.07.